The Morgan fingerprint density at radius 1 is 1.27 bits per heavy atom. The summed E-state index contributed by atoms with van der Waals surface area (Å²) in [6.45, 7) is 0. The fraction of sp³-hybridized carbons (Fsp3) is 0.200. The Kier molecular flexibility index (Phi) is 4.08. The molecule has 7 heteroatoms. The maximum absolute atomic E-state index is 13.5. The molecule has 2 heterocycles. The van der Waals surface area contributed by atoms with Gasteiger partial charge in [-0.2, -0.15) is 0 Å². The van der Waals surface area contributed by atoms with Crippen LogP contribution >= 0.6 is 0 Å². The molecule has 0 aliphatic carbocycles. The van der Waals surface area contributed by atoms with Crippen LogP contribution in [0.4, 0.5) is 14.5 Å². The van der Waals surface area contributed by atoms with Crippen molar-refractivity contribution in [3.63, 3.8) is 0 Å². The number of hydrogen-bond donors (Lipinski definition) is 3. The van der Waals surface area contributed by atoms with E-state index in [2.05, 4.69) is 21.2 Å². The molecule has 2 aromatic rings. The quantitative estimate of drug-likeness (QED) is 0.810. The van der Waals surface area contributed by atoms with Gasteiger partial charge in [-0.25, -0.2) is 19.6 Å². The molecule has 0 bridgehead atoms. The van der Waals surface area contributed by atoms with E-state index >= 15 is 0 Å². The molecule has 3 N–H and O–H groups in total. The number of benzene rings is 1. The maximum atomic E-state index is 13.5. The van der Waals surface area contributed by atoms with Gasteiger partial charge in [0, 0.05) is 24.5 Å². The van der Waals surface area contributed by atoms with Crippen molar-refractivity contribution in [2.24, 2.45) is 0 Å². The van der Waals surface area contributed by atoms with E-state index in [0.29, 0.717) is 6.42 Å². The van der Waals surface area contributed by atoms with Crippen molar-refractivity contribution in [3.05, 3.63) is 59.9 Å². The summed E-state index contributed by atoms with van der Waals surface area (Å²) in [5.41, 5.74) is 6.63. The summed E-state index contributed by atoms with van der Waals surface area (Å²) in [5, 5.41) is 2.39. The normalized spacial score (nSPS) is 20.8. The van der Waals surface area contributed by atoms with Gasteiger partial charge in [0.05, 0.1) is 5.69 Å². The lowest BCUT2D eigenvalue weighted by atomic mass is 10.0. The van der Waals surface area contributed by atoms with Crippen LogP contribution in [0.15, 0.2) is 42.7 Å². The molecule has 0 radical (unpaired) electrons. The molecule has 0 spiro atoms. The van der Waals surface area contributed by atoms with Gasteiger partial charge in [-0.1, -0.05) is 6.07 Å². The first-order valence-electron chi connectivity index (χ1n) is 6.80. The van der Waals surface area contributed by atoms with Crippen LogP contribution in [0.1, 0.15) is 18.0 Å². The second kappa shape index (κ2) is 6.17. The molecule has 1 saturated heterocycles. The summed E-state index contributed by atoms with van der Waals surface area (Å²) in [7, 11) is 0. The van der Waals surface area contributed by atoms with Crippen LogP contribution in [0.25, 0.3) is 0 Å². The number of rotatable bonds is 3. The summed E-state index contributed by atoms with van der Waals surface area (Å²) in [6.07, 6.45) is 3.86. The number of nitrogens with one attached hydrogen (secondary N) is 3. The van der Waals surface area contributed by atoms with Gasteiger partial charge in [0.2, 0.25) is 5.91 Å². The molecule has 1 aliphatic heterocycles. The van der Waals surface area contributed by atoms with Crippen LogP contribution in [0, 0.1) is 11.6 Å². The number of carbonyl (C=O) groups is 1. The van der Waals surface area contributed by atoms with Crippen LogP contribution in [0.5, 0.6) is 0 Å². The molecule has 0 saturated carbocycles. The highest BCUT2D eigenvalue weighted by atomic mass is 19.1. The molecule has 2 atom stereocenters. The van der Waals surface area contributed by atoms with Crippen molar-refractivity contribution >= 4 is 11.6 Å². The lowest BCUT2D eigenvalue weighted by Crippen LogP contribution is -2.39. The summed E-state index contributed by atoms with van der Waals surface area (Å²) < 4.78 is 26.6. The number of nitrogens with zero attached hydrogens (tertiary/aromatic N) is 1. The minimum atomic E-state index is -0.676. The number of aromatic nitrogens is 1. The van der Waals surface area contributed by atoms with E-state index in [1.807, 2.05) is 12.1 Å². The van der Waals surface area contributed by atoms with Gasteiger partial charge in [-0.3, -0.25) is 9.78 Å². The number of amides is 1. The van der Waals surface area contributed by atoms with E-state index in [1.165, 1.54) is 0 Å². The van der Waals surface area contributed by atoms with Crippen molar-refractivity contribution in [1.29, 1.82) is 0 Å². The second-order valence-electron chi connectivity index (χ2n) is 5.03. The third-order valence-corrected chi connectivity index (χ3v) is 3.49. The zero-order chi connectivity index (χ0) is 15.5. The summed E-state index contributed by atoms with van der Waals surface area (Å²) in [4.78, 5) is 16.2. The van der Waals surface area contributed by atoms with Crippen molar-refractivity contribution in [3.8, 4) is 0 Å². The number of halogens is 2. The van der Waals surface area contributed by atoms with Gasteiger partial charge < -0.3 is 5.32 Å². The van der Waals surface area contributed by atoms with E-state index < -0.39 is 23.6 Å². The number of hydrogen-bond acceptors (Lipinski definition) is 4. The van der Waals surface area contributed by atoms with Gasteiger partial charge in [0.25, 0.3) is 0 Å². The number of carbonyl (C=O) groups excluding carboxylic acids is 1. The Hall–Kier alpha value is -2.38. The van der Waals surface area contributed by atoms with Gasteiger partial charge in [-0.05, 0) is 30.2 Å². The van der Waals surface area contributed by atoms with Gasteiger partial charge >= 0.3 is 0 Å². The standard InChI is InChI=1S/C15H14F2N4O/c16-10-3-4-11(17)13(6-10)19-15(22)14-7-12(20-21-14)9-2-1-5-18-8-9/h1-6,8,12,14,20-21H,7H2,(H,19,22). The zero-order valence-electron chi connectivity index (χ0n) is 11.5. The van der Waals surface area contributed by atoms with Crippen molar-refractivity contribution in [2.75, 3.05) is 5.32 Å². The zero-order valence-corrected chi connectivity index (χ0v) is 11.5. The predicted octanol–water partition coefficient (Wildman–Crippen LogP) is 1.91. The SMILES string of the molecule is O=C(Nc1cc(F)ccc1F)C1CC(c2cccnc2)NN1. The maximum Gasteiger partial charge on any atom is 0.243 e. The number of anilines is 1. The van der Waals surface area contributed by atoms with Crippen molar-refractivity contribution < 1.29 is 13.6 Å². The number of pyridine rings is 1. The molecule has 1 aromatic heterocycles. The van der Waals surface area contributed by atoms with E-state index in [1.54, 1.807) is 12.4 Å². The molecular weight excluding hydrogens is 290 g/mol. The van der Waals surface area contributed by atoms with Gasteiger partial charge in [-0.15, -0.1) is 0 Å². The second-order valence-corrected chi connectivity index (χ2v) is 5.03. The fourth-order valence-electron chi connectivity index (χ4n) is 2.34. The molecule has 1 aliphatic rings. The highest BCUT2D eigenvalue weighted by Crippen LogP contribution is 2.22. The first kappa shape index (κ1) is 14.6. The topological polar surface area (TPSA) is 66.0 Å². The van der Waals surface area contributed by atoms with Gasteiger partial charge in [0.15, 0.2) is 0 Å². The highest BCUT2D eigenvalue weighted by molar-refractivity contribution is 5.95. The van der Waals surface area contributed by atoms with Crippen LogP contribution < -0.4 is 16.2 Å². The molecular formula is C15H14F2N4O. The van der Waals surface area contributed by atoms with Crippen LogP contribution in [-0.2, 0) is 4.79 Å². The lowest BCUT2D eigenvalue weighted by Gasteiger charge is -2.11. The predicted molar refractivity (Wildman–Crippen MR) is 76.6 cm³/mol. The monoisotopic (exact) mass is 304 g/mol. The van der Waals surface area contributed by atoms with Crippen LogP contribution in [0.3, 0.4) is 0 Å². The van der Waals surface area contributed by atoms with E-state index in [9.17, 15) is 13.6 Å². The smallest absolute Gasteiger partial charge is 0.243 e. The average molecular weight is 304 g/mol. The highest BCUT2D eigenvalue weighted by Gasteiger charge is 2.30. The van der Waals surface area contributed by atoms with Crippen LogP contribution in [-0.4, -0.2) is 16.9 Å². The van der Waals surface area contributed by atoms with E-state index in [4.69, 9.17) is 0 Å². The minimum absolute atomic E-state index is 0.0678. The Bertz CT molecular complexity index is 680. The first-order valence-corrected chi connectivity index (χ1v) is 6.80. The summed E-state index contributed by atoms with van der Waals surface area (Å²) in [6, 6.07) is 6.02. The Labute approximate surface area is 125 Å². The molecule has 22 heavy (non-hydrogen) atoms. The Morgan fingerprint density at radius 2 is 2.14 bits per heavy atom. The Balaban J connectivity index is 1.66. The molecule has 2 unspecified atom stereocenters. The minimum Gasteiger partial charge on any atom is -0.322 e. The molecule has 1 aromatic carbocycles. The van der Waals surface area contributed by atoms with Gasteiger partial charge in [0.1, 0.15) is 17.7 Å². The fourth-order valence-corrected chi connectivity index (χ4v) is 2.34. The van der Waals surface area contributed by atoms with E-state index in [0.717, 1.165) is 23.8 Å². The van der Waals surface area contributed by atoms with Crippen LogP contribution in [0.2, 0.25) is 0 Å². The van der Waals surface area contributed by atoms with E-state index in [-0.39, 0.29) is 11.7 Å². The summed E-state index contributed by atoms with van der Waals surface area (Å²) in [5.74, 6) is -1.71. The van der Waals surface area contributed by atoms with Crippen molar-refractivity contribution in [1.82, 2.24) is 15.8 Å². The first-order chi connectivity index (χ1) is 10.6. The number of hydrazine groups is 1. The average Bonchev–Trinajstić information content (AvgIpc) is 3.02. The largest absolute Gasteiger partial charge is 0.322 e. The Morgan fingerprint density at radius 3 is 2.91 bits per heavy atom. The molecule has 1 amide bonds. The third-order valence-electron chi connectivity index (χ3n) is 3.49. The third kappa shape index (κ3) is 3.10. The molecule has 114 valence electrons. The lowest BCUT2D eigenvalue weighted by molar-refractivity contribution is -0.117. The molecule has 5 nitrogen and oxygen atoms in total. The van der Waals surface area contributed by atoms with Crippen molar-refractivity contribution in [2.45, 2.75) is 18.5 Å². The summed E-state index contributed by atoms with van der Waals surface area (Å²) >= 11 is 0. The molecule has 1 fully saturated rings. The molecule has 3 rings (SSSR count).